The van der Waals surface area contributed by atoms with Gasteiger partial charge in [-0.15, -0.1) is 0 Å². The van der Waals surface area contributed by atoms with Gasteiger partial charge in [-0.25, -0.2) is 4.79 Å². The Kier molecular flexibility index (Phi) is 32.1. The van der Waals surface area contributed by atoms with Crippen molar-refractivity contribution in [1.29, 1.82) is 0 Å². The van der Waals surface area contributed by atoms with E-state index in [9.17, 15) is 19.5 Å². The summed E-state index contributed by atoms with van der Waals surface area (Å²) < 4.78 is 5.90. The molecule has 2 atom stereocenters. The molecule has 7 heteroatoms. The Labute approximate surface area is 277 Å². The molecule has 0 spiro atoms. The zero-order valence-electron chi connectivity index (χ0n) is 29.5. The summed E-state index contributed by atoms with van der Waals surface area (Å²) in [5.74, 6) is -1.31. The first-order valence-corrected chi connectivity index (χ1v) is 19.0. The van der Waals surface area contributed by atoms with E-state index in [2.05, 4.69) is 31.3 Å². The number of hydrogen-bond acceptors (Lipinski definition) is 5. The number of carbonyl (C=O) groups is 3. The Balaban J connectivity index is 4.01. The van der Waals surface area contributed by atoms with E-state index in [0.29, 0.717) is 38.6 Å². The molecule has 0 fully saturated rings. The second-order valence-electron chi connectivity index (χ2n) is 13.0. The largest absolute Gasteiger partial charge is 0.480 e. The molecule has 264 valence electrons. The summed E-state index contributed by atoms with van der Waals surface area (Å²) in [6.07, 6.45) is 34.2. The molecule has 0 rings (SSSR count). The molecule has 45 heavy (non-hydrogen) atoms. The Morgan fingerprint density at radius 1 is 0.622 bits per heavy atom. The number of ether oxygens (including phenoxy) is 1. The first-order valence-electron chi connectivity index (χ1n) is 19.0. The van der Waals surface area contributed by atoms with Crippen LogP contribution in [-0.4, -0.2) is 41.6 Å². The average molecular weight is 637 g/mol. The number of nitrogens with one attached hydrogen (secondary N) is 1. The number of rotatable bonds is 34. The number of hydrogen-bond donors (Lipinski definition) is 3. The van der Waals surface area contributed by atoms with Crippen molar-refractivity contribution in [1.82, 2.24) is 5.32 Å². The summed E-state index contributed by atoms with van der Waals surface area (Å²) in [5.41, 5.74) is 5.46. The molecule has 0 aromatic carbocycles. The van der Waals surface area contributed by atoms with Crippen LogP contribution in [0.15, 0.2) is 12.2 Å². The van der Waals surface area contributed by atoms with Crippen molar-refractivity contribution >= 4 is 17.8 Å². The summed E-state index contributed by atoms with van der Waals surface area (Å²) in [5, 5.41) is 11.9. The van der Waals surface area contributed by atoms with Gasteiger partial charge in [0.2, 0.25) is 5.91 Å². The third-order valence-corrected chi connectivity index (χ3v) is 8.58. The summed E-state index contributed by atoms with van der Waals surface area (Å²) in [7, 11) is 0. The molecule has 0 aromatic heterocycles. The quantitative estimate of drug-likeness (QED) is 0.0367. The van der Waals surface area contributed by atoms with Crippen LogP contribution in [0, 0.1) is 0 Å². The number of aliphatic carboxylic acids is 1. The van der Waals surface area contributed by atoms with Gasteiger partial charge in [-0.2, -0.15) is 0 Å². The molecule has 2 unspecified atom stereocenters. The zero-order chi connectivity index (χ0) is 33.2. The van der Waals surface area contributed by atoms with Crippen LogP contribution >= 0.6 is 0 Å². The van der Waals surface area contributed by atoms with Gasteiger partial charge in [0.1, 0.15) is 12.1 Å². The van der Waals surface area contributed by atoms with Crippen molar-refractivity contribution < 1.29 is 24.2 Å². The third-order valence-electron chi connectivity index (χ3n) is 8.58. The molecule has 4 N–H and O–H groups in total. The van der Waals surface area contributed by atoms with Gasteiger partial charge in [-0.3, -0.25) is 9.59 Å². The Morgan fingerprint density at radius 2 is 1.09 bits per heavy atom. The van der Waals surface area contributed by atoms with Gasteiger partial charge >= 0.3 is 11.9 Å². The molecule has 0 saturated carbocycles. The van der Waals surface area contributed by atoms with Gasteiger partial charge in [-0.1, -0.05) is 116 Å². The smallest absolute Gasteiger partial charge is 0.326 e. The topological polar surface area (TPSA) is 119 Å². The van der Waals surface area contributed by atoms with Crippen LogP contribution in [0.2, 0.25) is 0 Å². The highest BCUT2D eigenvalue weighted by molar-refractivity contribution is 5.83. The van der Waals surface area contributed by atoms with Crippen LogP contribution in [0.4, 0.5) is 0 Å². The molecule has 0 aromatic rings. The molecule has 0 saturated heterocycles. The molecule has 0 aliphatic rings. The Bertz CT molecular complexity index is 727. The number of nitrogens with two attached hydrogens (primary N) is 1. The number of carboxylic acids is 1. The van der Waals surface area contributed by atoms with E-state index in [0.717, 1.165) is 51.4 Å². The summed E-state index contributed by atoms with van der Waals surface area (Å²) >= 11 is 0. The minimum absolute atomic E-state index is 0.0457. The van der Waals surface area contributed by atoms with E-state index in [4.69, 9.17) is 10.5 Å². The van der Waals surface area contributed by atoms with E-state index < -0.39 is 12.0 Å². The predicted molar refractivity (Wildman–Crippen MR) is 188 cm³/mol. The van der Waals surface area contributed by atoms with Crippen LogP contribution in [0.3, 0.4) is 0 Å². The summed E-state index contributed by atoms with van der Waals surface area (Å²) in [6.45, 7) is 4.87. The summed E-state index contributed by atoms with van der Waals surface area (Å²) in [6, 6.07) is -0.871. The van der Waals surface area contributed by atoms with Crippen molar-refractivity contribution in [3.63, 3.8) is 0 Å². The van der Waals surface area contributed by atoms with Crippen LogP contribution in [0.25, 0.3) is 0 Å². The predicted octanol–water partition coefficient (Wildman–Crippen LogP) is 9.95. The highest BCUT2D eigenvalue weighted by atomic mass is 16.5. The van der Waals surface area contributed by atoms with E-state index >= 15 is 0 Å². The van der Waals surface area contributed by atoms with E-state index in [1.165, 1.54) is 96.3 Å². The van der Waals surface area contributed by atoms with Crippen LogP contribution in [0.1, 0.15) is 194 Å². The molecule has 1 amide bonds. The maximum atomic E-state index is 12.6. The molecule has 0 bridgehead atoms. The molecular formula is C38H72N2O5. The lowest BCUT2D eigenvalue weighted by Crippen LogP contribution is -2.40. The van der Waals surface area contributed by atoms with Gasteiger partial charge in [0.05, 0.1) is 0 Å². The molecule has 0 radical (unpaired) electrons. The molecule has 0 aliphatic heterocycles. The van der Waals surface area contributed by atoms with Crippen molar-refractivity contribution in [2.75, 3.05) is 6.54 Å². The molecule has 0 aliphatic carbocycles. The van der Waals surface area contributed by atoms with Gasteiger partial charge in [-0.05, 0) is 83.6 Å². The second kappa shape index (κ2) is 33.5. The normalized spacial score (nSPS) is 12.8. The van der Waals surface area contributed by atoms with Crippen LogP contribution in [0.5, 0.6) is 0 Å². The number of carbonyl (C=O) groups excluding carboxylic acids is 2. The van der Waals surface area contributed by atoms with Gasteiger partial charge in [0.15, 0.2) is 0 Å². The molecule has 0 heterocycles. The Morgan fingerprint density at radius 3 is 1.62 bits per heavy atom. The van der Waals surface area contributed by atoms with Crippen LogP contribution in [-0.2, 0) is 19.1 Å². The third kappa shape index (κ3) is 30.5. The first-order chi connectivity index (χ1) is 21.9. The summed E-state index contributed by atoms with van der Waals surface area (Å²) in [4.78, 5) is 36.1. The number of amides is 1. The fraction of sp³-hybridized carbons (Fsp3) is 0.868. The number of unbranched alkanes of at least 4 members (excludes halogenated alkanes) is 18. The fourth-order valence-electron chi connectivity index (χ4n) is 5.68. The van der Waals surface area contributed by atoms with Crippen LogP contribution < -0.4 is 11.1 Å². The lowest BCUT2D eigenvalue weighted by Gasteiger charge is -2.18. The van der Waals surface area contributed by atoms with Gasteiger partial charge in [0, 0.05) is 12.8 Å². The standard InChI is InChI=1S/C38H72N2O5/c1-3-5-7-9-10-11-12-13-14-15-16-17-18-19-20-21-26-32-37(42)45-34(28-23-8-6-4-2)29-24-22-25-31-36(41)40-35(38(43)44)30-27-33-39/h13-14,34-35H,3-12,15-33,39H2,1-2H3,(H,40,41)(H,43,44)/b14-13-. The highest BCUT2D eigenvalue weighted by Crippen LogP contribution is 2.18. The number of esters is 1. The zero-order valence-corrected chi connectivity index (χ0v) is 29.5. The number of carboxylic acid groups (broad SMARTS) is 1. The fourth-order valence-corrected chi connectivity index (χ4v) is 5.68. The minimum atomic E-state index is -1.02. The molecule has 7 nitrogen and oxygen atoms in total. The monoisotopic (exact) mass is 637 g/mol. The Hall–Kier alpha value is -1.89. The van der Waals surface area contributed by atoms with E-state index in [1.54, 1.807) is 0 Å². The molecular weight excluding hydrogens is 564 g/mol. The lowest BCUT2D eigenvalue weighted by atomic mass is 10.0. The van der Waals surface area contributed by atoms with Crippen molar-refractivity contribution in [3.8, 4) is 0 Å². The first kappa shape index (κ1) is 43.1. The van der Waals surface area contributed by atoms with Crippen molar-refractivity contribution in [2.45, 2.75) is 206 Å². The SMILES string of the molecule is CCCCCCCC/C=C\CCCCCCCCCC(=O)OC(CCCCCC)CCCCCC(=O)NC(CCCN)C(=O)O. The van der Waals surface area contributed by atoms with Crippen molar-refractivity contribution in [3.05, 3.63) is 12.2 Å². The van der Waals surface area contributed by atoms with E-state index in [-0.39, 0.29) is 18.0 Å². The van der Waals surface area contributed by atoms with Gasteiger partial charge < -0.3 is 20.9 Å². The lowest BCUT2D eigenvalue weighted by molar-refractivity contribution is -0.150. The maximum absolute atomic E-state index is 12.6. The average Bonchev–Trinajstić information content (AvgIpc) is 3.02. The second-order valence-corrected chi connectivity index (χ2v) is 13.0. The number of allylic oxidation sites excluding steroid dienone is 2. The maximum Gasteiger partial charge on any atom is 0.326 e. The minimum Gasteiger partial charge on any atom is -0.480 e. The van der Waals surface area contributed by atoms with E-state index in [1.807, 2.05) is 0 Å². The highest BCUT2D eigenvalue weighted by Gasteiger charge is 2.19. The van der Waals surface area contributed by atoms with Gasteiger partial charge in [0.25, 0.3) is 0 Å². The van der Waals surface area contributed by atoms with Crippen molar-refractivity contribution in [2.24, 2.45) is 5.73 Å².